The van der Waals surface area contributed by atoms with Gasteiger partial charge in [0, 0.05) is 16.5 Å². The molecule has 1 aliphatic carbocycles. The second-order valence-electron chi connectivity index (χ2n) is 11.5. The number of benzene rings is 4. The Balaban J connectivity index is 1.53. The number of aryl methyl sites for hydroxylation is 1. The van der Waals surface area contributed by atoms with Crippen LogP contribution in [0.4, 0.5) is 29.0 Å². The number of para-hydroxylation sites is 1. The summed E-state index contributed by atoms with van der Waals surface area (Å²) in [5.41, 5.74) is -0.356. The van der Waals surface area contributed by atoms with Crippen LogP contribution in [0, 0.1) is 6.92 Å². The number of nitrogens with zero attached hydrogens (tertiary/aromatic N) is 4. The summed E-state index contributed by atoms with van der Waals surface area (Å²) in [5, 5.41) is 18.3. The van der Waals surface area contributed by atoms with E-state index in [0.717, 1.165) is 29.8 Å². The molecule has 0 saturated heterocycles. The molecule has 8 N–H and O–H groups in total. The van der Waals surface area contributed by atoms with Gasteiger partial charge in [0.25, 0.3) is 40.5 Å². The van der Waals surface area contributed by atoms with Crippen molar-refractivity contribution in [2.45, 2.75) is 21.6 Å². The van der Waals surface area contributed by atoms with Crippen molar-refractivity contribution >= 4 is 109 Å². The van der Waals surface area contributed by atoms with E-state index < -0.39 is 122 Å². The van der Waals surface area contributed by atoms with E-state index >= 15 is 0 Å². The largest absolute Gasteiger partial charge is 0.505 e. The first kappa shape index (κ1) is 40.0. The molecule has 21 nitrogen and oxygen atoms in total. The maximum absolute atomic E-state index is 14.1. The van der Waals surface area contributed by atoms with E-state index in [1.807, 2.05) is 5.43 Å². The monoisotopic (exact) mass is 867 g/mol. The highest BCUT2D eigenvalue weighted by Crippen LogP contribution is 2.41. The number of hydrogen-bond donors (Lipinski definition) is 8. The number of phenols is 1. The summed E-state index contributed by atoms with van der Waals surface area (Å²) >= 11 is 6.12. The maximum atomic E-state index is 14.1. The molecule has 4 aromatic carbocycles. The molecule has 1 aliphatic rings. The van der Waals surface area contributed by atoms with Gasteiger partial charge in [0.05, 0.1) is 21.8 Å². The van der Waals surface area contributed by atoms with Crippen molar-refractivity contribution in [3.8, 4) is 5.75 Å². The van der Waals surface area contributed by atoms with Crippen LogP contribution < -0.4 is 16.1 Å². The van der Waals surface area contributed by atoms with E-state index in [1.54, 1.807) is 31.2 Å². The Kier molecular flexibility index (Phi) is 10.1. The molecule has 1 aromatic heterocycles. The average Bonchev–Trinajstić information content (AvgIpc) is 3.07. The highest BCUT2D eigenvalue weighted by atomic mass is 35.5. The topological polar surface area (TPSA) is 342 Å². The van der Waals surface area contributed by atoms with Crippen LogP contribution in [0.25, 0.3) is 16.8 Å². The van der Waals surface area contributed by atoms with E-state index in [-0.39, 0.29) is 5.95 Å². The summed E-state index contributed by atoms with van der Waals surface area (Å²) < 4.78 is 138. The number of hydrogen-bond acceptors (Lipinski definition) is 17. The van der Waals surface area contributed by atoms with E-state index in [0.29, 0.717) is 23.9 Å². The number of nitrogens with one attached hydrogen (secondary N) is 3. The number of hydrazone groups is 1. The fourth-order valence-corrected chi connectivity index (χ4v) is 8.22. The Morgan fingerprint density at radius 2 is 1.32 bits per heavy atom. The summed E-state index contributed by atoms with van der Waals surface area (Å²) in [7, 11) is -20.9. The van der Waals surface area contributed by atoms with E-state index in [1.165, 1.54) is 0 Å². The van der Waals surface area contributed by atoms with Gasteiger partial charge < -0.3 is 15.7 Å². The number of aromatic nitrogens is 3. The predicted octanol–water partition coefficient (Wildman–Crippen LogP) is 3.81. The smallest absolute Gasteiger partial charge is 0.296 e. The van der Waals surface area contributed by atoms with Gasteiger partial charge in [-0.3, -0.25) is 28.4 Å². The number of aromatic hydroxyl groups is 1. The molecule has 56 heavy (non-hydrogen) atoms. The van der Waals surface area contributed by atoms with Crippen molar-refractivity contribution in [3.05, 3.63) is 87.5 Å². The molecule has 0 radical (unpaired) electrons. The summed E-state index contributed by atoms with van der Waals surface area (Å²) in [4.78, 5) is 22.0. The number of fused-ring (bicyclic) bond motifs is 2. The van der Waals surface area contributed by atoms with E-state index in [2.05, 4.69) is 30.7 Å². The molecule has 0 atom stereocenters. The first-order chi connectivity index (χ1) is 25.9. The lowest BCUT2D eigenvalue weighted by molar-refractivity contribution is 0.106. The third-order valence-electron chi connectivity index (χ3n) is 7.83. The highest BCUT2D eigenvalue weighted by molar-refractivity contribution is 7.91. The van der Waals surface area contributed by atoms with Crippen LogP contribution in [-0.4, -0.2) is 83.4 Å². The summed E-state index contributed by atoms with van der Waals surface area (Å²) in [6.45, 7) is 1.77. The Morgan fingerprint density at radius 1 is 0.696 bits per heavy atom. The van der Waals surface area contributed by atoms with Crippen molar-refractivity contribution in [1.82, 2.24) is 15.0 Å². The molecule has 6 rings (SSSR count). The highest BCUT2D eigenvalue weighted by Gasteiger charge is 2.36. The van der Waals surface area contributed by atoms with Crippen LogP contribution in [0.1, 0.15) is 21.5 Å². The second-order valence-corrected chi connectivity index (χ2v) is 17.4. The first-order valence-electron chi connectivity index (χ1n) is 14.9. The molecular weight excluding hydrogens is 846 g/mol. The van der Waals surface area contributed by atoms with Gasteiger partial charge >= 0.3 is 0 Å². The number of carbonyl (C=O) groups is 1. The van der Waals surface area contributed by atoms with Gasteiger partial charge in [-0.25, -0.2) is 0 Å². The molecule has 0 amide bonds. The maximum Gasteiger partial charge on any atom is 0.296 e. The molecular formula is C30H22ClN7O14S4. The van der Waals surface area contributed by atoms with Gasteiger partial charge in [0.1, 0.15) is 20.4 Å². The second kappa shape index (κ2) is 14.1. The molecule has 0 bridgehead atoms. The number of Topliss-reactive ketones (excluding diaryl/α,β-unsaturated/α-hetero) is 1. The van der Waals surface area contributed by atoms with Gasteiger partial charge in [-0.1, -0.05) is 30.3 Å². The Bertz CT molecular complexity index is 3070. The molecule has 0 aliphatic heterocycles. The van der Waals surface area contributed by atoms with Crippen LogP contribution in [0.15, 0.2) is 85.4 Å². The minimum absolute atomic E-state index is 0.135. The zero-order chi connectivity index (χ0) is 41.1. The molecule has 5 aromatic rings. The lowest BCUT2D eigenvalue weighted by atomic mass is 9.93. The number of halogens is 1. The molecule has 1 heterocycles. The van der Waals surface area contributed by atoms with Crippen molar-refractivity contribution in [3.63, 3.8) is 0 Å². The number of allylic oxidation sites excluding steroid dienone is 1. The fourth-order valence-electron chi connectivity index (χ4n) is 5.43. The first-order valence-corrected chi connectivity index (χ1v) is 21.1. The number of anilines is 5. The molecule has 0 spiro atoms. The van der Waals surface area contributed by atoms with Crippen molar-refractivity contribution < 1.29 is 61.8 Å². The summed E-state index contributed by atoms with van der Waals surface area (Å²) in [6, 6.07) is 11.6. The molecule has 0 fully saturated rings. The zero-order valence-electron chi connectivity index (χ0n) is 27.6. The van der Waals surface area contributed by atoms with Crippen molar-refractivity contribution in [1.29, 1.82) is 0 Å². The fraction of sp³-hybridized carbons (Fsp3) is 0.0333. The third kappa shape index (κ3) is 8.01. The van der Waals surface area contributed by atoms with Gasteiger partial charge in [-0.15, -0.1) is 0 Å². The standard InChI is InChI=1S/C30H22ClN7O14S4/c1-13-5-2-3-7-17(13)32-29-34-28(31)35-30(36-29)33-18-11-15(53(41,42)43)9-14-10-22(56(50,51)52)25(27(40)23(14)18)38-37-19-12-21(55(47,48)49)16-6-4-8-20(54(44,45)46)24(16)26(19)39/h2-12,37,39H,1H3,(H,41,42,43)(H,44,45,46)(H,47,48,49)(H,50,51,52)(H2,32,33,34,35,36). The minimum atomic E-state index is -5.45. The van der Waals surface area contributed by atoms with Crippen LogP contribution >= 0.6 is 11.6 Å². The van der Waals surface area contributed by atoms with Crippen molar-refractivity contribution in [2.75, 3.05) is 16.1 Å². The van der Waals surface area contributed by atoms with E-state index in [4.69, 9.17) is 11.6 Å². The molecule has 0 unspecified atom stereocenters. The van der Waals surface area contributed by atoms with Crippen LogP contribution in [0.5, 0.6) is 5.75 Å². The molecule has 26 heteroatoms. The average molecular weight is 868 g/mol. The number of carbonyl (C=O) groups excluding carboxylic acids is 1. The Hall–Kier alpha value is -5.64. The number of phenolic OH excluding ortho intramolecular Hbond substituents is 1. The van der Waals surface area contributed by atoms with Gasteiger partial charge in [0.2, 0.25) is 23.0 Å². The van der Waals surface area contributed by atoms with E-state index in [9.17, 15) is 61.8 Å². The SMILES string of the molecule is Cc1ccccc1Nc1nc(Cl)nc(Nc2cc(S(=O)(=O)O)cc3c2C(=O)C(=NNc2cc(S(=O)(=O)O)c4cccc(S(=O)(=O)O)c4c2O)C(S(=O)(=O)O)=C3)n1. The van der Waals surface area contributed by atoms with Crippen LogP contribution in [0.3, 0.4) is 0 Å². The van der Waals surface area contributed by atoms with Gasteiger partial charge in [0.15, 0.2) is 5.71 Å². The lowest BCUT2D eigenvalue weighted by Gasteiger charge is -2.21. The Morgan fingerprint density at radius 3 is 1.91 bits per heavy atom. The van der Waals surface area contributed by atoms with Gasteiger partial charge in [-0.2, -0.15) is 53.7 Å². The normalized spacial score (nSPS) is 14.4. The quantitative estimate of drug-likeness (QED) is 0.0562. The number of ketones is 1. The van der Waals surface area contributed by atoms with Crippen molar-refractivity contribution in [2.24, 2.45) is 5.10 Å². The van der Waals surface area contributed by atoms with Crippen LogP contribution in [0.2, 0.25) is 5.28 Å². The number of rotatable bonds is 10. The molecule has 292 valence electrons. The summed E-state index contributed by atoms with van der Waals surface area (Å²) in [5.74, 6) is -3.09. The van der Waals surface area contributed by atoms with Crippen LogP contribution in [-0.2, 0) is 40.5 Å². The van der Waals surface area contributed by atoms with Gasteiger partial charge in [-0.05, 0) is 66.1 Å². The summed E-state index contributed by atoms with van der Waals surface area (Å²) in [6.07, 6.45) is 0.582. The minimum Gasteiger partial charge on any atom is -0.505 e. The lowest BCUT2D eigenvalue weighted by Crippen LogP contribution is -2.28. The zero-order valence-corrected chi connectivity index (χ0v) is 31.6. The third-order valence-corrected chi connectivity index (χ3v) is 11.5. The Labute approximate surface area is 320 Å². The molecule has 0 saturated carbocycles. The predicted molar refractivity (Wildman–Crippen MR) is 199 cm³/mol.